The highest BCUT2D eigenvalue weighted by Crippen LogP contribution is 2.27. The Morgan fingerprint density at radius 3 is 2.52 bits per heavy atom. The van der Waals surface area contributed by atoms with Crippen molar-refractivity contribution in [2.24, 2.45) is 5.92 Å². The summed E-state index contributed by atoms with van der Waals surface area (Å²) in [5.74, 6) is -0.276. The lowest BCUT2D eigenvalue weighted by Crippen LogP contribution is -2.28. The normalized spacial score (nSPS) is 11.2. The number of nitrogens with zero attached hydrogens (tertiary/aromatic N) is 4. The average Bonchev–Trinajstić information content (AvgIpc) is 3.10. The van der Waals surface area contributed by atoms with E-state index in [1.807, 2.05) is 18.4 Å². The number of carbonyl (C=O) groups excluding carboxylic acids is 1. The first-order chi connectivity index (χ1) is 14.8. The van der Waals surface area contributed by atoms with Crippen LogP contribution in [0.5, 0.6) is 0 Å². The second kappa shape index (κ2) is 10.2. The predicted molar refractivity (Wildman–Crippen MR) is 119 cm³/mol. The number of aromatic nitrogens is 3. The summed E-state index contributed by atoms with van der Waals surface area (Å²) in [5.41, 5.74) is 0.634. The second-order valence-corrected chi connectivity index (χ2v) is 8.88. The van der Waals surface area contributed by atoms with E-state index in [2.05, 4.69) is 10.2 Å². The summed E-state index contributed by atoms with van der Waals surface area (Å²) in [6.45, 7) is 4.71. The number of hydrogen-bond donors (Lipinski definition) is 0. The van der Waals surface area contributed by atoms with Crippen molar-refractivity contribution in [2.45, 2.75) is 32.1 Å². The van der Waals surface area contributed by atoms with Crippen LogP contribution in [0.1, 0.15) is 19.4 Å². The number of hydrogen-bond acceptors (Lipinski definition) is 4. The molecule has 0 unspecified atom stereocenters. The van der Waals surface area contributed by atoms with Gasteiger partial charge in [0, 0.05) is 30.7 Å². The van der Waals surface area contributed by atoms with E-state index in [9.17, 15) is 13.6 Å². The van der Waals surface area contributed by atoms with Gasteiger partial charge in [0.05, 0.1) is 11.3 Å². The molecule has 0 N–H and O–H groups in total. The molecule has 0 saturated heterocycles. The van der Waals surface area contributed by atoms with Crippen molar-refractivity contribution in [3.8, 4) is 11.4 Å². The van der Waals surface area contributed by atoms with E-state index >= 15 is 0 Å². The van der Waals surface area contributed by atoms with Gasteiger partial charge in [-0.15, -0.1) is 10.2 Å². The van der Waals surface area contributed by atoms with Crippen LogP contribution in [0, 0.1) is 17.6 Å². The Labute approximate surface area is 189 Å². The number of amides is 1. The van der Waals surface area contributed by atoms with Crippen molar-refractivity contribution in [3.63, 3.8) is 0 Å². The molecule has 0 atom stereocenters. The van der Waals surface area contributed by atoms with Crippen LogP contribution in [0.3, 0.4) is 0 Å². The molecular formula is C22H23ClF2N4OS. The highest BCUT2D eigenvalue weighted by atomic mass is 35.5. The van der Waals surface area contributed by atoms with Crippen molar-refractivity contribution < 1.29 is 13.6 Å². The minimum absolute atomic E-state index is 0.0596. The average molecular weight is 465 g/mol. The van der Waals surface area contributed by atoms with E-state index in [1.54, 1.807) is 31.3 Å². The van der Waals surface area contributed by atoms with Crippen LogP contribution in [0.4, 0.5) is 8.78 Å². The van der Waals surface area contributed by atoms with E-state index in [-0.39, 0.29) is 40.5 Å². The summed E-state index contributed by atoms with van der Waals surface area (Å²) in [7, 11) is 1.59. The molecular weight excluding hydrogens is 442 g/mol. The third-order valence-corrected chi connectivity index (χ3v) is 5.89. The Morgan fingerprint density at radius 2 is 1.84 bits per heavy atom. The smallest absolute Gasteiger partial charge is 0.233 e. The zero-order valence-corrected chi connectivity index (χ0v) is 19.1. The van der Waals surface area contributed by atoms with E-state index in [1.165, 1.54) is 34.9 Å². The van der Waals surface area contributed by atoms with Crippen molar-refractivity contribution in [1.82, 2.24) is 19.7 Å². The van der Waals surface area contributed by atoms with Crippen LogP contribution < -0.4 is 0 Å². The number of halogens is 3. The zero-order chi connectivity index (χ0) is 22.5. The maximum Gasteiger partial charge on any atom is 0.233 e. The molecule has 0 bridgehead atoms. The van der Waals surface area contributed by atoms with E-state index in [4.69, 9.17) is 11.6 Å². The third-order valence-electron chi connectivity index (χ3n) is 4.59. The first-order valence-corrected chi connectivity index (χ1v) is 11.1. The SMILES string of the molecule is CC(C)Cn1c(SCC(=O)N(C)Cc2c(F)cccc2Cl)nnc1-c1ccccc1F. The maximum absolute atomic E-state index is 14.3. The Bertz CT molecular complexity index is 1050. The van der Waals surface area contributed by atoms with Crippen molar-refractivity contribution >= 4 is 29.3 Å². The molecule has 0 aliphatic heterocycles. The fraction of sp³-hybridized carbons (Fsp3) is 0.318. The van der Waals surface area contributed by atoms with Crippen LogP contribution in [0.25, 0.3) is 11.4 Å². The molecule has 9 heteroatoms. The highest BCUT2D eigenvalue weighted by molar-refractivity contribution is 7.99. The first-order valence-electron chi connectivity index (χ1n) is 9.75. The standard InChI is InChI=1S/C22H23ClF2N4OS/c1-14(2)11-29-21(15-7-4-5-9-18(15)24)26-27-22(29)31-13-20(30)28(3)12-16-17(23)8-6-10-19(16)25/h4-10,14H,11-13H2,1-3H3. The van der Waals surface area contributed by atoms with Gasteiger partial charge in [-0.2, -0.15) is 0 Å². The monoisotopic (exact) mass is 464 g/mol. The summed E-state index contributed by atoms with van der Waals surface area (Å²) >= 11 is 7.27. The van der Waals surface area contributed by atoms with Crippen molar-refractivity contribution in [3.05, 3.63) is 64.7 Å². The summed E-state index contributed by atoms with van der Waals surface area (Å²) in [4.78, 5) is 14.0. The second-order valence-electron chi connectivity index (χ2n) is 7.53. The van der Waals surface area contributed by atoms with E-state index in [0.717, 1.165) is 0 Å². The summed E-state index contributed by atoms with van der Waals surface area (Å²) in [6.07, 6.45) is 0. The topological polar surface area (TPSA) is 51.0 Å². The number of carbonyl (C=O) groups is 1. The molecule has 3 rings (SSSR count). The minimum Gasteiger partial charge on any atom is -0.341 e. The van der Waals surface area contributed by atoms with E-state index < -0.39 is 5.82 Å². The van der Waals surface area contributed by atoms with Crippen LogP contribution in [-0.4, -0.2) is 38.4 Å². The number of benzene rings is 2. The molecule has 0 spiro atoms. The van der Waals surface area contributed by atoms with Gasteiger partial charge in [0.25, 0.3) is 0 Å². The molecule has 0 fully saturated rings. The maximum atomic E-state index is 14.3. The van der Waals surface area contributed by atoms with Crippen LogP contribution in [0.2, 0.25) is 5.02 Å². The fourth-order valence-electron chi connectivity index (χ4n) is 3.01. The van der Waals surface area contributed by atoms with Crippen molar-refractivity contribution in [1.29, 1.82) is 0 Å². The first kappa shape index (κ1) is 23.2. The van der Waals surface area contributed by atoms with Gasteiger partial charge in [-0.1, -0.05) is 55.4 Å². The minimum atomic E-state index is -0.453. The quantitative estimate of drug-likeness (QED) is 0.425. The Balaban J connectivity index is 1.75. The van der Waals surface area contributed by atoms with Gasteiger partial charge in [-0.3, -0.25) is 4.79 Å². The fourth-order valence-corrected chi connectivity index (χ4v) is 4.12. The van der Waals surface area contributed by atoms with Crippen LogP contribution in [0.15, 0.2) is 47.6 Å². The molecule has 2 aromatic carbocycles. The van der Waals surface area contributed by atoms with Gasteiger partial charge < -0.3 is 9.47 Å². The molecule has 1 amide bonds. The number of thioether (sulfide) groups is 1. The molecule has 1 aromatic heterocycles. The van der Waals surface area contributed by atoms with Gasteiger partial charge in [-0.05, 0) is 30.2 Å². The van der Waals surface area contributed by atoms with Crippen LogP contribution >= 0.6 is 23.4 Å². The lowest BCUT2D eigenvalue weighted by atomic mass is 10.2. The third kappa shape index (κ3) is 5.62. The molecule has 0 aliphatic rings. The number of rotatable bonds is 8. The Morgan fingerprint density at radius 1 is 1.13 bits per heavy atom. The largest absolute Gasteiger partial charge is 0.341 e. The summed E-state index contributed by atoms with van der Waals surface area (Å²) in [6, 6.07) is 10.8. The molecule has 0 aliphatic carbocycles. The molecule has 5 nitrogen and oxygen atoms in total. The molecule has 0 radical (unpaired) electrons. The predicted octanol–water partition coefficient (Wildman–Crippen LogP) is 5.28. The van der Waals surface area contributed by atoms with Crippen LogP contribution in [-0.2, 0) is 17.9 Å². The van der Waals surface area contributed by atoms with Gasteiger partial charge in [0.15, 0.2) is 11.0 Å². The lowest BCUT2D eigenvalue weighted by Gasteiger charge is -2.18. The summed E-state index contributed by atoms with van der Waals surface area (Å²) < 4.78 is 30.1. The molecule has 31 heavy (non-hydrogen) atoms. The Kier molecular flexibility index (Phi) is 7.67. The zero-order valence-electron chi connectivity index (χ0n) is 17.5. The molecule has 164 valence electrons. The van der Waals surface area contributed by atoms with Crippen molar-refractivity contribution in [2.75, 3.05) is 12.8 Å². The summed E-state index contributed by atoms with van der Waals surface area (Å²) in [5, 5.41) is 9.16. The molecule has 3 aromatic rings. The Hall–Kier alpha value is -2.45. The van der Waals surface area contributed by atoms with Gasteiger partial charge in [0.2, 0.25) is 5.91 Å². The van der Waals surface area contributed by atoms with Gasteiger partial charge in [-0.25, -0.2) is 8.78 Å². The van der Waals surface area contributed by atoms with Gasteiger partial charge >= 0.3 is 0 Å². The van der Waals surface area contributed by atoms with E-state index in [0.29, 0.717) is 23.1 Å². The molecule has 1 heterocycles. The van der Waals surface area contributed by atoms with Gasteiger partial charge in [0.1, 0.15) is 11.6 Å². The highest BCUT2D eigenvalue weighted by Gasteiger charge is 2.20. The molecule has 0 saturated carbocycles. The lowest BCUT2D eigenvalue weighted by molar-refractivity contribution is -0.127.